The normalized spacial score (nSPS) is 11.9. The average Bonchev–Trinajstić information content (AvgIpc) is 2.94. The SMILES string of the molecule is CCCCNC(=O)[C@H](Cc1ccccc1)N(Cc1ccccc1)C(=O)CN(c1cc(Cl)ccc1OC)S(C)(=O)=O. The molecule has 40 heavy (non-hydrogen) atoms. The second-order valence-corrected chi connectivity index (χ2v) is 11.8. The van der Waals surface area contributed by atoms with Crippen LogP contribution in [0.5, 0.6) is 5.75 Å². The number of hydrogen-bond donors (Lipinski definition) is 1. The van der Waals surface area contributed by atoms with Crippen molar-refractivity contribution >= 4 is 39.1 Å². The van der Waals surface area contributed by atoms with Crippen molar-refractivity contribution in [2.24, 2.45) is 0 Å². The Labute approximate surface area is 241 Å². The van der Waals surface area contributed by atoms with E-state index in [0.29, 0.717) is 6.54 Å². The third kappa shape index (κ3) is 8.72. The molecule has 214 valence electrons. The van der Waals surface area contributed by atoms with Crippen LogP contribution in [0.4, 0.5) is 5.69 Å². The summed E-state index contributed by atoms with van der Waals surface area (Å²) in [6.07, 6.45) is 2.98. The van der Waals surface area contributed by atoms with Crippen molar-refractivity contribution in [1.82, 2.24) is 10.2 Å². The van der Waals surface area contributed by atoms with Crippen molar-refractivity contribution in [3.8, 4) is 5.75 Å². The maximum Gasteiger partial charge on any atom is 0.244 e. The van der Waals surface area contributed by atoms with E-state index in [0.717, 1.165) is 34.5 Å². The molecular weight excluding hydrogens is 550 g/mol. The third-order valence-electron chi connectivity index (χ3n) is 6.39. The Bertz CT molecular complexity index is 1370. The summed E-state index contributed by atoms with van der Waals surface area (Å²) in [5, 5.41) is 3.25. The van der Waals surface area contributed by atoms with Crippen molar-refractivity contribution in [3.63, 3.8) is 0 Å². The first-order valence-corrected chi connectivity index (χ1v) is 15.3. The molecule has 0 fully saturated rings. The molecule has 8 nitrogen and oxygen atoms in total. The van der Waals surface area contributed by atoms with Crippen LogP contribution in [0.1, 0.15) is 30.9 Å². The second-order valence-electron chi connectivity index (χ2n) is 9.44. The minimum absolute atomic E-state index is 0.114. The zero-order chi connectivity index (χ0) is 29.1. The number of carbonyl (C=O) groups excluding carboxylic acids is 2. The summed E-state index contributed by atoms with van der Waals surface area (Å²) in [4.78, 5) is 29.1. The zero-order valence-electron chi connectivity index (χ0n) is 23.0. The molecule has 0 saturated heterocycles. The number of carbonyl (C=O) groups is 2. The van der Waals surface area contributed by atoms with Crippen LogP contribution in [0.15, 0.2) is 78.9 Å². The molecule has 0 aliphatic rings. The van der Waals surface area contributed by atoms with Gasteiger partial charge in [-0.3, -0.25) is 13.9 Å². The minimum atomic E-state index is -3.94. The fourth-order valence-corrected chi connectivity index (χ4v) is 5.30. The maximum atomic E-state index is 14.1. The van der Waals surface area contributed by atoms with Gasteiger partial charge < -0.3 is 15.0 Å². The summed E-state index contributed by atoms with van der Waals surface area (Å²) in [7, 11) is -2.53. The Morgan fingerprint density at radius 3 is 2.17 bits per heavy atom. The summed E-state index contributed by atoms with van der Waals surface area (Å²) < 4.78 is 32.3. The number of rotatable bonds is 14. The number of anilines is 1. The van der Waals surface area contributed by atoms with E-state index in [1.54, 1.807) is 12.1 Å². The van der Waals surface area contributed by atoms with Crippen molar-refractivity contribution in [1.29, 1.82) is 0 Å². The molecule has 0 bridgehead atoms. The molecular formula is C30H36ClN3O5S. The van der Waals surface area contributed by atoms with Crippen LogP contribution in [-0.2, 0) is 32.6 Å². The fourth-order valence-electron chi connectivity index (χ4n) is 4.29. The molecule has 1 atom stereocenters. The molecule has 10 heteroatoms. The Balaban J connectivity index is 2.05. The molecule has 0 aliphatic carbocycles. The number of nitrogens with one attached hydrogen (secondary N) is 1. The molecule has 0 heterocycles. The molecule has 0 unspecified atom stereocenters. The van der Waals surface area contributed by atoms with E-state index in [9.17, 15) is 18.0 Å². The molecule has 3 aromatic carbocycles. The van der Waals surface area contributed by atoms with E-state index in [1.807, 2.05) is 67.6 Å². The average molecular weight is 586 g/mol. The van der Waals surface area contributed by atoms with E-state index >= 15 is 0 Å². The number of ether oxygens (including phenoxy) is 1. The van der Waals surface area contributed by atoms with Gasteiger partial charge in [0.2, 0.25) is 21.8 Å². The number of amides is 2. The van der Waals surface area contributed by atoms with Gasteiger partial charge in [-0.05, 0) is 35.7 Å². The highest BCUT2D eigenvalue weighted by Gasteiger charge is 2.33. The smallest absolute Gasteiger partial charge is 0.244 e. The molecule has 0 radical (unpaired) electrons. The number of hydrogen-bond acceptors (Lipinski definition) is 5. The highest BCUT2D eigenvalue weighted by molar-refractivity contribution is 7.92. The lowest BCUT2D eigenvalue weighted by Gasteiger charge is -2.33. The number of unbranched alkanes of at least 4 members (excludes halogenated alkanes) is 1. The van der Waals surface area contributed by atoms with E-state index in [-0.39, 0.29) is 35.3 Å². The molecule has 1 N–H and O–H groups in total. The highest BCUT2D eigenvalue weighted by atomic mass is 35.5. The second kappa shape index (κ2) is 14.7. The summed E-state index contributed by atoms with van der Waals surface area (Å²) >= 11 is 6.19. The Morgan fingerprint density at radius 2 is 1.60 bits per heavy atom. The van der Waals surface area contributed by atoms with Crippen molar-refractivity contribution < 1.29 is 22.7 Å². The van der Waals surface area contributed by atoms with Gasteiger partial charge in [-0.2, -0.15) is 0 Å². The Kier molecular flexibility index (Phi) is 11.4. The lowest BCUT2D eigenvalue weighted by Crippen LogP contribution is -2.53. The van der Waals surface area contributed by atoms with E-state index < -0.39 is 28.5 Å². The molecule has 2 amide bonds. The summed E-state index contributed by atoms with van der Waals surface area (Å²) in [5.74, 6) is -0.592. The van der Waals surface area contributed by atoms with E-state index in [1.165, 1.54) is 18.1 Å². The number of halogens is 1. The summed E-state index contributed by atoms with van der Waals surface area (Å²) in [5.41, 5.74) is 1.82. The minimum Gasteiger partial charge on any atom is -0.495 e. The van der Waals surface area contributed by atoms with Gasteiger partial charge >= 0.3 is 0 Å². The lowest BCUT2D eigenvalue weighted by atomic mass is 10.0. The van der Waals surface area contributed by atoms with Crippen LogP contribution in [0.2, 0.25) is 5.02 Å². The van der Waals surface area contributed by atoms with E-state index in [4.69, 9.17) is 16.3 Å². The predicted octanol–water partition coefficient (Wildman–Crippen LogP) is 4.67. The molecule has 0 spiro atoms. The molecule has 3 aromatic rings. The zero-order valence-corrected chi connectivity index (χ0v) is 24.6. The third-order valence-corrected chi connectivity index (χ3v) is 7.75. The summed E-state index contributed by atoms with van der Waals surface area (Å²) in [6, 6.07) is 22.4. The van der Waals surface area contributed by atoms with Gasteiger partial charge in [-0.25, -0.2) is 8.42 Å². The Hall–Kier alpha value is -3.56. The number of benzene rings is 3. The highest BCUT2D eigenvalue weighted by Crippen LogP contribution is 2.33. The topological polar surface area (TPSA) is 96.0 Å². The first kappa shape index (κ1) is 31.0. The van der Waals surface area contributed by atoms with Gasteiger partial charge in [0, 0.05) is 24.5 Å². The van der Waals surface area contributed by atoms with Gasteiger partial charge in [0.25, 0.3) is 0 Å². The first-order chi connectivity index (χ1) is 19.1. The van der Waals surface area contributed by atoms with Crippen LogP contribution >= 0.6 is 11.6 Å². The molecule has 3 rings (SSSR count). The van der Waals surface area contributed by atoms with Crippen LogP contribution in [0.25, 0.3) is 0 Å². The van der Waals surface area contributed by atoms with Gasteiger partial charge in [0.15, 0.2) is 0 Å². The first-order valence-electron chi connectivity index (χ1n) is 13.1. The van der Waals surface area contributed by atoms with Crippen molar-refractivity contribution in [2.75, 3.05) is 30.8 Å². The van der Waals surface area contributed by atoms with Crippen LogP contribution in [0.3, 0.4) is 0 Å². The van der Waals surface area contributed by atoms with Gasteiger partial charge in [0.1, 0.15) is 18.3 Å². The van der Waals surface area contributed by atoms with Gasteiger partial charge in [0.05, 0.1) is 19.1 Å². The van der Waals surface area contributed by atoms with Gasteiger partial charge in [-0.15, -0.1) is 0 Å². The standard InChI is InChI=1S/C30H36ClN3O5S/c1-4-5-18-32-30(36)27(19-23-12-8-6-9-13-23)33(21-24-14-10-7-11-15-24)29(35)22-34(40(3,37)38)26-20-25(31)16-17-28(26)39-2/h6-17,20,27H,4-5,18-19,21-22H2,1-3H3,(H,32,36)/t27-/m0/s1. The maximum absolute atomic E-state index is 14.1. The number of sulfonamides is 1. The number of methoxy groups -OCH3 is 1. The Morgan fingerprint density at radius 1 is 0.975 bits per heavy atom. The molecule has 0 saturated carbocycles. The summed E-state index contributed by atoms with van der Waals surface area (Å²) in [6.45, 7) is 2.07. The monoisotopic (exact) mass is 585 g/mol. The van der Waals surface area contributed by atoms with Crippen LogP contribution < -0.4 is 14.4 Å². The molecule has 0 aromatic heterocycles. The predicted molar refractivity (Wildman–Crippen MR) is 159 cm³/mol. The van der Waals surface area contributed by atoms with Crippen molar-refractivity contribution in [3.05, 3.63) is 95.0 Å². The van der Waals surface area contributed by atoms with Gasteiger partial charge in [-0.1, -0.05) is 85.6 Å². The quantitative estimate of drug-likeness (QED) is 0.277. The van der Waals surface area contributed by atoms with Crippen LogP contribution in [-0.4, -0.2) is 57.6 Å². The van der Waals surface area contributed by atoms with Crippen molar-refractivity contribution in [2.45, 2.75) is 38.8 Å². The van der Waals surface area contributed by atoms with E-state index in [2.05, 4.69) is 5.32 Å². The number of nitrogens with zero attached hydrogens (tertiary/aromatic N) is 2. The molecule has 0 aliphatic heterocycles. The lowest BCUT2D eigenvalue weighted by molar-refractivity contribution is -0.140. The largest absolute Gasteiger partial charge is 0.495 e. The van der Waals surface area contributed by atoms with Crippen LogP contribution in [0, 0.1) is 0 Å². The fraction of sp³-hybridized carbons (Fsp3) is 0.333.